The molecule has 8 aromatic rings. The van der Waals surface area contributed by atoms with Crippen LogP contribution in [0.3, 0.4) is 0 Å². The Hall–Kier alpha value is -7.38. The lowest BCUT2D eigenvalue weighted by atomic mass is 9.92. The van der Waals surface area contributed by atoms with Crippen molar-refractivity contribution in [3.8, 4) is 68.6 Å². The molecule has 8 rings (SSSR count). The number of thiophene rings is 1. The van der Waals surface area contributed by atoms with Gasteiger partial charge >= 0.3 is 0 Å². The van der Waals surface area contributed by atoms with Gasteiger partial charge in [0.15, 0.2) is 23.0 Å². The second-order valence-electron chi connectivity index (χ2n) is 12.9. The average molecular weight is 758 g/mol. The van der Waals surface area contributed by atoms with E-state index in [1.54, 1.807) is 13.0 Å². The lowest BCUT2D eigenvalue weighted by molar-refractivity contribution is 0.327. The van der Waals surface area contributed by atoms with E-state index in [4.69, 9.17) is 4.99 Å². The molecule has 13 heteroatoms. The second kappa shape index (κ2) is 12.4. The standard InChI is InChI=1S/C42H28FNO10S/c1-16(29-32(45)36(49)40(53)37(50)33(29)46)42-31(23-12-11-18(13-28(23)55-42)30-34(47)38(51)41(54)39(52)35(30)48)44-17(2)24-14-25-21-9-5-3-7-19(21)20-8-4-6-10-22(20)26(25)15-27(24)43/h3-15,45-54H,1H2,2H3. The third kappa shape index (κ3) is 5.05. The average Bonchev–Trinajstić information content (AvgIpc) is 3.54. The number of halogens is 1. The van der Waals surface area contributed by atoms with E-state index >= 15 is 4.39 Å². The minimum absolute atomic E-state index is 0.0593. The van der Waals surface area contributed by atoms with Crippen molar-refractivity contribution in [3.05, 3.63) is 107 Å². The van der Waals surface area contributed by atoms with Crippen LogP contribution in [0.1, 0.15) is 22.9 Å². The zero-order valence-corrected chi connectivity index (χ0v) is 29.2. The largest absolute Gasteiger partial charge is 0.504 e. The maximum atomic E-state index is 16.3. The van der Waals surface area contributed by atoms with E-state index in [-0.39, 0.29) is 33.0 Å². The molecular formula is C42H28FNO10S. The van der Waals surface area contributed by atoms with Gasteiger partial charge in [-0.1, -0.05) is 67.2 Å². The molecule has 55 heavy (non-hydrogen) atoms. The predicted octanol–water partition coefficient (Wildman–Crippen LogP) is 9.43. The summed E-state index contributed by atoms with van der Waals surface area (Å²) >= 11 is 0.953. The number of aromatic hydroxyl groups is 10. The highest BCUT2D eigenvalue weighted by molar-refractivity contribution is 7.21. The van der Waals surface area contributed by atoms with Gasteiger partial charge < -0.3 is 51.1 Å². The van der Waals surface area contributed by atoms with Crippen molar-refractivity contribution in [2.24, 2.45) is 4.99 Å². The van der Waals surface area contributed by atoms with Gasteiger partial charge in [-0.25, -0.2) is 4.39 Å². The maximum absolute atomic E-state index is 16.3. The Bertz CT molecular complexity index is 2980. The Balaban J connectivity index is 1.39. The number of hydrogen-bond acceptors (Lipinski definition) is 12. The molecule has 0 amide bonds. The number of rotatable bonds is 5. The van der Waals surface area contributed by atoms with Crippen molar-refractivity contribution in [3.63, 3.8) is 0 Å². The fraction of sp³-hybridized carbons (Fsp3) is 0.0238. The number of aliphatic imine (C=N–C) groups is 1. The summed E-state index contributed by atoms with van der Waals surface area (Å²) in [6.45, 7) is 5.58. The molecule has 0 radical (unpaired) electrons. The van der Waals surface area contributed by atoms with Crippen LogP contribution in [-0.4, -0.2) is 56.8 Å². The monoisotopic (exact) mass is 757 g/mol. The van der Waals surface area contributed by atoms with Crippen molar-refractivity contribution in [2.45, 2.75) is 6.92 Å². The van der Waals surface area contributed by atoms with Crippen LogP contribution < -0.4 is 0 Å². The summed E-state index contributed by atoms with van der Waals surface area (Å²) in [6, 6.07) is 23.0. The molecule has 1 aromatic heterocycles. The van der Waals surface area contributed by atoms with Gasteiger partial charge in [0.2, 0.25) is 34.5 Å². The Morgan fingerprint density at radius 3 is 1.53 bits per heavy atom. The molecular weight excluding hydrogens is 730 g/mol. The van der Waals surface area contributed by atoms with Gasteiger partial charge in [0.25, 0.3) is 0 Å². The topological polar surface area (TPSA) is 215 Å². The van der Waals surface area contributed by atoms with E-state index in [2.05, 4.69) is 6.58 Å². The normalized spacial score (nSPS) is 12.0. The highest BCUT2D eigenvalue weighted by Crippen LogP contribution is 2.58. The summed E-state index contributed by atoms with van der Waals surface area (Å²) in [5, 5.41) is 109. The number of phenolic OH excluding ortho intramolecular Hbond substituents is 10. The fourth-order valence-corrected chi connectivity index (χ4v) is 8.19. The van der Waals surface area contributed by atoms with Gasteiger partial charge in [-0.3, -0.25) is 4.99 Å². The van der Waals surface area contributed by atoms with Gasteiger partial charge in [-0.15, -0.1) is 11.3 Å². The van der Waals surface area contributed by atoms with Crippen LogP contribution in [0.15, 0.2) is 90.4 Å². The Labute approximate surface area is 313 Å². The number of phenols is 10. The SMILES string of the molecule is C=C(c1sc2cc(-c3c(O)c(O)c(O)c(O)c3O)ccc2c1N=C(C)c1cc2c3ccccc3c3ccccc3c2cc1F)c1c(O)c(O)c(O)c(O)c1O. The first kappa shape index (κ1) is 34.7. The van der Waals surface area contributed by atoms with Crippen molar-refractivity contribution in [2.75, 3.05) is 0 Å². The van der Waals surface area contributed by atoms with Crippen molar-refractivity contribution >= 4 is 70.7 Å². The van der Waals surface area contributed by atoms with Crippen LogP contribution in [0.2, 0.25) is 0 Å². The van der Waals surface area contributed by atoms with E-state index in [1.807, 2.05) is 48.5 Å². The molecule has 10 N–H and O–H groups in total. The van der Waals surface area contributed by atoms with E-state index in [0.717, 1.165) is 38.3 Å². The highest BCUT2D eigenvalue weighted by atomic mass is 32.1. The van der Waals surface area contributed by atoms with Gasteiger partial charge in [0, 0.05) is 26.9 Å². The second-order valence-corrected chi connectivity index (χ2v) is 13.9. The molecule has 1 heterocycles. The zero-order chi connectivity index (χ0) is 39.2. The highest BCUT2D eigenvalue weighted by Gasteiger charge is 2.29. The van der Waals surface area contributed by atoms with Gasteiger partial charge in [-0.05, 0) is 63.0 Å². The summed E-state index contributed by atoms with van der Waals surface area (Å²) < 4.78 is 16.6. The summed E-state index contributed by atoms with van der Waals surface area (Å²) in [4.78, 5) is 4.98. The van der Waals surface area contributed by atoms with Crippen LogP contribution in [0, 0.1) is 5.82 Å². The van der Waals surface area contributed by atoms with Gasteiger partial charge in [-0.2, -0.15) is 0 Å². The smallest absolute Gasteiger partial charge is 0.208 e. The molecule has 7 aromatic carbocycles. The molecule has 0 atom stereocenters. The summed E-state index contributed by atoms with van der Waals surface area (Å²) in [6.07, 6.45) is 0. The minimum Gasteiger partial charge on any atom is -0.504 e. The third-order valence-electron chi connectivity index (χ3n) is 9.77. The molecule has 0 aliphatic rings. The molecule has 0 spiro atoms. The Morgan fingerprint density at radius 2 is 1.00 bits per heavy atom. The number of fused-ring (bicyclic) bond motifs is 7. The minimum atomic E-state index is -1.17. The first-order valence-corrected chi connectivity index (χ1v) is 17.2. The van der Waals surface area contributed by atoms with Crippen molar-refractivity contribution in [1.82, 2.24) is 0 Å². The van der Waals surface area contributed by atoms with E-state index in [9.17, 15) is 51.1 Å². The lowest BCUT2D eigenvalue weighted by Crippen LogP contribution is -2.00. The predicted molar refractivity (Wildman–Crippen MR) is 209 cm³/mol. The maximum Gasteiger partial charge on any atom is 0.208 e. The van der Waals surface area contributed by atoms with Gasteiger partial charge in [0.1, 0.15) is 5.82 Å². The molecule has 0 saturated heterocycles. The molecule has 0 aliphatic heterocycles. The van der Waals surface area contributed by atoms with E-state index in [1.165, 1.54) is 24.3 Å². The number of nitrogens with zero attached hydrogens (tertiary/aromatic N) is 1. The number of benzene rings is 7. The number of hydrogen-bond donors (Lipinski definition) is 10. The van der Waals surface area contributed by atoms with Gasteiger partial charge in [0.05, 0.1) is 21.7 Å². The molecule has 274 valence electrons. The zero-order valence-electron chi connectivity index (χ0n) is 28.4. The molecule has 0 unspecified atom stereocenters. The first-order chi connectivity index (χ1) is 26.2. The Kier molecular flexibility index (Phi) is 7.79. The van der Waals surface area contributed by atoms with Crippen LogP contribution in [0.5, 0.6) is 57.5 Å². The third-order valence-corrected chi connectivity index (χ3v) is 11.0. The lowest BCUT2D eigenvalue weighted by Gasteiger charge is -2.15. The first-order valence-electron chi connectivity index (χ1n) is 16.4. The fourth-order valence-electron chi connectivity index (χ4n) is 7.03. The van der Waals surface area contributed by atoms with Crippen LogP contribution in [0.4, 0.5) is 10.1 Å². The molecule has 0 bridgehead atoms. The summed E-state index contributed by atoms with van der Waals surface area (Å²) in [5.41, 5.74) is -0.619. The van der Waals surface area contributed by atoms with E-state index < -0.39 is 74.4 Å². The molecule has 11 nitrogen and oxygen atoms in total. The molecule has 0 aliphatic carbocycles. The Morgan fingerprint density at radius 1 is 0.545 bits per heavy atom. The van der Waals surface area contributed by atoms with Crippen molar-refractivity contribution < 1.29 is 55.5 Å². The van der Waals surface area contributed by atoms with Crippen LogP contribution in [-0.2, 0) is 0 Å². The van der Waals surface area contributed by atoms with Crippen LogP contribution in [0.25, 0.3) is 59.1 Å². The molecule has 0 saturated carbocycles. The summed E-state index contributed by atoms with van der Waals surface area (Å²) in [7, 11) is 0. The molecule has 0 fully saturated rings. The summed E-state index contributed by atoms with van der Waals surface area (Å²) in [5.74, 6) is -11.2. The van der Waals surface area contributed by atoms with E-state index in [0.29, 0.717) is 15.5 Å². The quantitative estimate of drug-likeness (QED) is 0.0347. The van der Waals surface area contributed by atoms with Crippen molar-refractivity contribution in [1.29, 1.82) is 0 Å². The van der Waals surface area contributed by atoms with Crippen LogP contribution >= 0.6 is 11.3 Å².